The standard InChI is InChI=1S/C28H25ClN2O5S/c1-5-35-27(33)22-16(4)24(28(34)36-6-2)37-26(22)31-25(32)21-15(3)23(17-11-13-18(29)14-12-17)30-20-10-8-7-9-19(20)21/h7-14H,5-6H2,1-4H3,(H,31,32). The molecular weight excluding hydrogens is 512 g/mol. The molecule has 1 amide bonds. The number of nitrogens with one attached hydrogen (secondary N) is 1. The smallest absolute Gasteiger partial charge is 0.348 e. The largest absolute Gasteiger partial charge is 0.462 e. The summed E-state index contributed by atoms with van der Waals surface area (Å²) < 4.78 is 10.4. The Kier molecular flexibility index (Phi) is 7.90. The SMILES string of the molecule is CCOC(=O)c1sc(NC(=O)c2c(C)c(-c3ccc(Cl)cc3)nc3ccccc23)c(C(=O)OCC)c1C. The monoisotopic (exact) mass is 536 g/mol. The number of thiophene rings is 1. The van der Waals surface area contributed by atoms with Crippen LogP contribution in [0.4, 0.5) is 5.00 Å². The van der Waals surface area contributed by atoms with Crippen molar-refractivity contribution in [1.82, 2.24) is 4.98 Å². The van der Waals surface area contributed by atoms with Gasteiger partial charge in [0.15, 0.2) is 0 Å². The predicted molar refractivity (Wildman–Crippen MR) is 146 cm³/mol. The molecule has 4 rings (SSSR count). The average molecular weight is 537 g/mol. The minimum absolute atomic E-state index is 0.136. The van der Waals surface area contributed by atoms with Crippen molar-refractivity contribution >= 4 is 56.7 Å². The fourth-order valence-electron chi connectivity index (χ4n) is 4.10. The molecule has 1 N–H and O–H groups in total. The Morgan fingerprint density at radius 3 is 2.22 bits per heavy atom. The van der Waals surface area contributed by atoms with Gasteiger partial charge in [-0.1, -0.05) is 41.9 Å². The van der Waals surface area contributed by atoms with E-state index in [1.807, 2.05) is 43.3 Å². The summed E-state index contributed by atoms with van der Waals surface area (Å²) in [6.45, 7) is 7.18. The number of hydrogen-bond donors (Lipinski definition) is 1. The first-order valence-electron chi connectivity index (χ1n) is 11.7. The van der Waals surface area contributed by atoms with Gasteiger partial charge in [-0.05, 0) is 57.0 Å². The van der Waals surface area contributed by atoms with Crippen molar-refractivity contribution in [3.63, 3.8) is 0 Å². The van der Waals surface area contributed by atoms with E-state index >= 15 is 0 Å². The molecule has 0 atom stereocenters. The van der Waals surface area contributed by atoms with Gasteiger partial charge in [0.25, 0.3) is 5.91 Å². The molecule has 2 aromatic carbocycles. The Hall–Kier alpha value is -3.75. The summed E-state index contributed by atoms with van der Waals surface area (Å²) in [4.78, 5) is 44.2. The second kappa shape index (κ2) is 11.1. The summed E-state index contributed by atoms with van der Waals surface area (Å²) >= 11 is 7.06. The fourth-order valence-corrected chi connectivity index (χ4v) is 5.31. The molecule has 0 aliphatic rings. The molecule has 0 fully saturated rings. The summed E-state index contributed by atoms with van der Waals surface area (Å²) in [5.41, 5.74) is 3.70. The van der Waals surface area contributed by atoms with E-state index in [1.54, 1.807) is 32.9 Å². The molecule has 0 aliphatic heterocycles. The van der Waals surface area contributed by atoms with Gasteiger partial charge in [0.2, 0.25) is 0 Å². The minimum atomic E-state index is -0.625. The van der Waals surface area contributed by atoms with Crippen molar-refractivity contribution in [1.29, 1.82) is 0 Å². The second-order valence-electron chi connectivity index (χ2n) is 8.14. The minimum Gasteiger partial charge on any atom is -0.462 e. The van der Waals surface area contributed by atoms with Crippen molar-refractivity contribution in [2.75, 3.05) is 18.5 Å². The highest BCUT2D eigenvalue weighted by molar-refractivity contribution is 7.18. The third kappa shape index (κ3) is 5.21. The molecule has 9 heteroatoms. The number of ether oxygens (including phenoxy) is 2. The number of para-hydroxylation sites is 1. The number of benzene rings is 2. The van der Waals surface area contributed by atoms with Crippen molar-refractivity contribution in [3.05, 3.63) is 80.7 Å². The number of esters is 2. The summed E-state index contributed by atoms with van der Waals surface area (Å²) in [6.07, 6.45) is 0. The molecule has 2 heterocycles. The third-order valence-electron chi connectivity index (χ3n) is 5.79. The normalized spacial score (nSPS) is 10.8. The van der Waals surface area contributed by atoms with E-state index in [1.165, 1.54) is 0 Å². The Morgan fingerprint density at radius 2 is 1.54 bits per heavy atom. The molecule has 4 aromatic rings. The van der Waals surface area contributed by atoms with Crippen LogP contribution in [-0.2, 0) is 9.47 Å². The van der Waals surface area contributed by atoms with Gasteiger partial charge < -0.3 is 14.8 Å². The van der Waals surface area contributed by atoms with Gasteiger partial charge in [0, 0.05) is 16.0 Å². The Balaban J connectivity index is 1.85. The highest BCUT2D eigenvalue weighted by Gasteiger charge is 2.28. The lowest BCUT2D eigenvalue weighted by atomic mass is 9.97. The predicted octanol–water partition coefficient (Wildman–Crippen LogP) is 6.84. The maximum Gasteiger partial charge on any atom is 0.348 e. The number of carbonyl (C=O) groups excluding carboxylic acids is 3. The summed E-state index contributed by atoms with van der Waals surface area (Å²) in [7, 11) is 0. The average Bonchev–Trinajstić information content (AvgIpc) is 3.20. The van der Waals surface area contributed by atoms with E-state index in [4.69, 9.17) is 26.1 Å². The van der Waals surface area contributed by atoms with E-state index < -0.39 is 17.8 Å². The maximum atomic E-state index is 13.8. The van der Waals surface area contributed by atoms with Crippen molar-refractivity contribution < 1.29 is 23.9 Å². The molecule has 0 radical (unpaired) electrons. The van der Waals surface area contributed by atoms with Crippen LogP contribution >= 0.6 is 22.9 Å². The molecule has 0 saturated carbocycles. The van der Waals surface area contributed by atoms with Gasteiger partial charge >= 0.3 is 11.9 Å². The van der Waals surface area contributed by atoms with Gasteiger partial charge in [0.1, 0.15) is 9.88 Å². The summed E-state index contributed by atoms with van der Waals surface area (Å²) in [5, 5.41) is 4.34. The Morgan fingerprint density at radius 1 is 0.892 bits per heavy atom. The van der Waals surface area contributed by atoms with Crippen molar-refractivity contribution in [2.24, 2.45) is 0 Å². The number of amides is 1. The van der Waals surface area contributed by atoms with Crippen LogP contribution in [0.2, 0.25) is 5.02 Å². The Bertz CT molecular complexity index is 1510. The van der Waals surface area contributed by atoms with Crippen LogP contribution < -0.4 is 5.32 Å². The third-order valence-corrected chi connectivity index (χ3v) is 7.23. The van der Waals surface area contributed by atoms with Crippen LogP contribution in [0.15, 0.2) is 48.5 Å². The van der Waals surface area contributed by atoms with E-state index in [2.05, 4.69) is 5.32 Å². The van der Waals surface area contributed by atoms with Crippen molar-refractivity contribution in [3.8, 4) is 11.3 Å². The van der Waals surface area contributed by atoms with Crippen LogP contribution in [0.3, 0.4) is 0 Å². The number of anilines is 1. The molecule has 0 bridgehead atoms. The first-order chi connectivity index (χ1) is 17.8. The lowest BCUT2D eigenvalue weighted by molar-refractivity contribution is 0.0527. The van der Waals surface area contributed by atoms with Crippen LogP contribution in [-0.4, -0.2) is 36.0 Å². The van der Waals surface area contributed by atoms with Gasteiger partial charge in [0.05, 0.1) is 35.6 Å². The topological polar surface area (TPSA) is 94.6 Å². The zero-order chi connectivity index (χ0) is 26.7. The first-order valence-corrected chi connectivity index (χ1v) is 12.9. The van der Waals surface area contributed by atoms with Gasteiger partial charge in [-0.2, -0.15) is 0 Å². The molecule has 0 aliphatic carbocycles. The summed E-state index contributed by atoms with van der Waals surface area (Å²) in [6, 6.07) is 14.6. The van der Waals surface area contributed by atoms with Gasteiger partial charge in [-0.15, -0.1) is 11.3 Å². The Labute approximate surface area is 223 Å². The molecule has 2 aromatic heterocycles. The number of hydrogen-bond acceptors (Lipinski definition) is 7. The number of fused-ring (bicyclic) bond motifs is 1. The zero-order valence-electron chi connectivity index (χ0n) is 20.8. The summed E-state index contributed by atoms with van der Waals surface area (Å²) in [5.74, 6) is -1.62. The molecule has 37 heavy (non-hydrogen) atoms. The molecule has 190 valence electrons. The molecule has 0 spiro atoms. The fraction of sp³-hybridized carbons (Fsp3) is 0.214. The van der Waals surface area contributed by atoms with E-state index in [0.29, 0.717) is 38.3 Å². The van der Waals surface area contributed by atoms with Gasteiger partial charge in [-0.3, -0.25) is 4.79 Å². The zero-order valence-corrected chi connectivity index (χ0v) is 22.4. The lowest BCUT2D eigenvalue weighted by Gasteiger charge is -2.15. The highest BCUT2D eigenvalue weighted by atomic mass is 35.5. The number of halogens is 1. The van der Waals surface area contributed by atoms with E-state index in [0.717, 1.165) is 16.9 Å². The lowest BCUT2D eigenvalue weighted by Crippen LogP contribution is -2.17. The quantitative estimate of drug-likeness (QED) is 0.260. The van der Waals surface area contributed by atoms with Crippen LogP contribution in [0.25, 0.3) is 22.2 Å². The number of carbonyl (C=O) groups is 3. The number of pyridine rings is 1. The van der Waals surface area contributed by atoms with Crippen LogP contribution in [0, 0.1) is 13.8 Å². The van der Waals surface area contributed by atoms with E-state index in [9.17, 15) is 14.4 Å². The second-order valence-corrected chi connectivity index (χ2v) is 9.60. The number of nitrogens with zero attached hydrogens (tertiary/aromatic N) is 1. The van der Waals surface area contributed by atoms with E-state index in [-0.39, 0.29) is 28.7 Å². The molecule has 0 unspecified atom stereocenters. The van der Waals surface area contributed by atoms with Gasteiger partial charge in [-0.25, -0.2) is 14.6 Å². The maximum absolute atomic E-state index is 13.8. The van der Waals surface area contributed by atoms with Crippen LogP contribution in [0.5, 0.6) is 0 Å². The number of rotatable bonds is 7. The molecular formula is C28H25ClN2O5S. The molecule has 7 nitrogen and oxygen atoms in total. The van der Waals surface area contributed by atoms with Crippen LogP contribution in [0.1, 0.15) is 55.4 Å². The first kappa shape index (κ1) is 26.3. The molecule has 0 saturated heterocycles. The number of aromatic nitrogens is 1. The van der Waals surface area contributed by atoms with Crippen molar-refractivity contribution in [2.45, 2.75) is 27.7 Å². The highest BCUT2D eigenvalue weighted by Crippen LogP contribution is 2.36.